The van der Waals surface area contributed by atoms with Crippen molar-refractivity contribution in [3.63, 3.8) is 0 Å². The molecule has 24 heavy (non-hydrogen) atoms. The largest absolute Gasteiger partial charge is 0.507 e. The zero-order valence-corrected chi connectivity index (χ0v) is 13.6. The number of phenolic OH excluding ortho intramolecular Hbond substituents is 4. The van der Waals surface area contributed by atoms with E-state index in [-0.39, 0.29) is 11.3 Å². The molecule has 0 spiro atoms. The van der Waals surface area contributed by atoms with Crippen LogP contribution in [0.4, 0.5) is 0 Å². The number of aromatic hydroxyl groups is 4. The Balaban J connectivity index is 2.23. The minimum atomic E-state index is -0.811. The van der Waals surface area contributed by atoms with Crippen LogP contribution in [0.5, 0.6) is 23.0 Å². The standard InChI is InChI=1S/C16H15ClN2O5/c1-7-5-12(21)10(8(2)13(7)17)6-18-19-16(24)9-3-4-11(20)15(23)14(9)22/h3-6,20-23H,1-2H3,(H,19,24)/b18-6+. The molecule has 0 heterocycles. The molecule has 7 nitrogen and oxygen atoms in total. The van der Waals surface area contributed by atoms with Crippen LogP contribution in [0, 0.1) is 13.8 Å². The summed E-state index contributed by atoms with van der Waals surface area (Å²) in [6.45, 7) is 3.44. The van der Waals surface area contributed by atoms with Crippen molar-refractivity contribution in [3.05, 3.63) is 45.5 Å². The molecule has 0 aliphatic carbocycles. The molecule has 0 aromatic heterocycles. The molecule has 8 heteroatoms. The first-order chi connectivity index (χ1) is 11.2. The summed E-state index contributed by atoms with van der Waals surface area (Å²) in [5.74, 6) is -2.97. The summed E-state index contributed by atoms with van der Waals surface area (Å²) in [5, 5.41) is 42.4. The van der Waals surface area contributed by atoms with Gasteiger partial charge in [-0.05, 0) is 43.2 Å². The van der Waals surface area contributed by atoms with E-state index in [0.717, 1.165) is 12.1 Å². The van der Waals surface area contributed by atoms with Crippen molar-refractivity contribution < 1.29 is 25.2 Å². The van der Waals surface area contributed by atoms with Gasteiger partial charge >= 0.3 is 0 Å². The number of hydrogen-bond acceptors (Lipinski definition) is 6. The minimum Gasteiger partial charge on any atom is -0.507 e. The molecule has 2 aromatic carbocycles. The summed E-state index contributed by atoms with van der Waals surface area (Å²) in [6.07, 6.45) is 1.21. The van der Waals surface area contributed by atoms with Crippen LogP contribution in [-0.2, 0) is 0 Å². The molecule has 1 amide bonds. The molecule has 0 saturated carbocycles. The molecule has 5 N–H and O–H groups in total. The van der Waals surface area contributed by atoms with Gasteiger partial charge in [-0.1, -0.05) is 11.6 Å². The topological polar surface area (TPSA) is 122 Å². The van der Waals surface area contributed by atoms with Gasteiger partial charge in [-0.15, -0.1) is 0 Å². The first-order valence-corrected chi connectivity index (χ1v) is 7.17. The zero-order valence-electron chi connectivity index (χ0n) is 12.8. The first-order valence-electron chi connectivity index (χ1n) is 6.80. The Kier molecular flexibility index (Phi) is 4.85. The number of hydrogen-bond donors (Lipinski definition) is 5. The van der Waals surface area contributed by atoms with Crippen molar-refractivity contribution in [2.45, 2.75) is 13.8 Å². The van der Waals surface area contributed by atoms with E-state index in [4.69, 9.17) is 11.6 Å². The maximum atomic E-state index is 11.9. The van der Waals surface area contributed by atoms with Crippen molar-refractivity contribution >= 4 is 23.7 Å². The molecule has 0 aliphatic heterocycles. The quantitative estimate of drug-likeness (QED) is 0.331. The van der Waals surface area contributed by atoms with Gasteiger partial charge in [-0.3, -0.25) is 4.79 Å². The van der Waals surface area contributed by atoms with Gasteiger partial charge in [-0.2, -0.15) is 5.10 Å². The normalized spacial score (nSPS) is 11.0. The number of halogens is 1. The smallest absolute Gasteiger partial charge is 0.275 e. The minimum absolute atomic E-state index is 0.0440. The Hall–Kier alpha value is -2.93. The summed E-state index contributed by atoms with van der Waals surface area (Å²) in [4.78, 5) is 11.9. The monoisotopic (exact) mass is 350 g/mol. The SMILES string of the molecule is Cc1cc(O)c(/C=N/NC(=O)c2ccc(O)c(O)c2O)c(C)c1Cl. The number of nitrogens with one attached hydrogen (secondary N) is 1. The average Bonchev–Trinajstić information content (AvgIpc) is 2.53. The summed E-state index contributed by atoms with van der Waals surface area (Å²) in [5.41, 5.74) is 3.51. The van der Waals surface area contributed by atoms with Crippen molar-refractivity contribution in [3.8, 4) is 23.0 Å². The lowest BCUT2D eigenvalue weighted by molar-refractivity contribution is 0.0951. The van der Waals surface area contributed by atoms with E-state index in [9.17, 15) is 25.2 Å². The molecule has 0 radical (unpaired) electrons. The third-order valence-corrected chi connectivity index (χ3v) is 4.02. The van der Waals surface area contributed by atoms with Gasteiger partial charge in [0.05, 0.1) is 11.8 Å². The van der Waals surface area contributed by atoms with Crippen molar-refractivity contribution in [2.75, 3.05) is 0 Å². The lowest BCUT2D eigenvalue weighted by atomic mass is 10.1. The Morgan fingerprint density at radius 2 is 1.79 bits per heavy atom. The third kappa shape index (κ3) is 3.21. The second-order valence-corrected chi connectivity index (χ2v) is 5.47. The van der Waals surface area contributed by atoms with Crippen molar-refractivity contribution in [2.24, 2.45) is 5.10 Å². The molecular formula is C16H15ClN2O5. The van der Waals surface area contributed by atoms with Crippen LogP contribution < -0.4 is 5.43 Å². The first kappa shape index (κ1) is 17.4. The molecule has 0 fully saturated rings. The number of phenols is 4. The number of rotatable bonds is 3. The molecule has 0 saturated heterocycles. The molecule has 2 rings (SSSR count). The van der Waals surface area contributed by atoms with E-state index in [1.807, 2.05) is 0 Å². The molecular weight excluding hydrogens is 336 g/mol. The van der Waals surface area contributed by atoms with Gasteiger partial charge < -0.3 is 20.4 Å². The maximum Gasteiger partial charge on any atom is 0.275 e. The molecule has 0 atom stereocenters. The number of hydrazone groups is 1. The fraction of sp³-hybridized carbons (Fsp3) is 0.125. The number of aryl methyl sites for hydroxylation is 1. The van der Waals surface area contributed by atoms with E-state index < -0.39 is 23.2 Å². The highest BCUT2D eigenvalue weighted by atomic mass is 35.5. The average molecular weight is 351 g/mol. The third-order valence-electron chi connectivity index (χ3n) is 3.44. The lowest BCUT2D eigenvalue weighted by Gasteiger charge is -2.09. The van der Waals surface area contributed by atoms with Crippen LogP contribution in [0.25, 0.3) is 0 Å². The fourth-order valence-corrected chi connectivity index (χ4v) is 2.24. The lowest BCUT2D eigenvalue weighted by Crippen LogP contribution is -2.17. The molecule has 126 valence electrons. The molecule has 0 aliphatic rings. The second-order valence-electron chi connectivity index (χ2n) is 5.09. The summed E-state index contributed by atoms with van der Waals surface area (Å²) in [7, 11) is 0. The highest BCUT2D eigenvalue weighted by Crippen LogP contribution is 2.36. The zero-order chi connectivity index (χ0) is 18.0. The summed E-state index contributed by atoms with van der Waals surface area (Å²) >= 11 is 6.10. The van der Waals surface area contributed by atoms with E-state index in [0.29, 0.717) is 21.7 Å². The van der Waals surface area contributed by atoms with Gasteiger partial charge in [0.2, 0.25) is 5.75 Å². The highest BCUT2D eigenvalue weighted by Gasteiger charge is 2.17. The van der Waals surface area contributed by atoms with Crippen LogP contribution in [0.3, 0.4) is 0 Å². The maximum absolute atomic E-state index is 11.9. The van der Waals surface area contributed by atoms with E-state index in [1.165, 1.54) is 12.3 Å². The highest BCUT2D eigenvalue weighted by molar-refractivity contribution is 6.32. The summed E-state index contributed by atoms with van der Waals surface area (Å²) < 4.78 is 0. The van der Waals surface area contributed by atoms with Gasteiger partial charge in [0.15, 0.2) is 11.5 Å². The van der Waals surface area contributed by atoms with Gasteiger partial charge in [-0.25, -0.2) is 5.43 Å². The Morgan fingerprint density at radius 1 is 1.12 bits per heavy atom. The Morgan fingerprint density at radius 3 is 2.46 bits per heavy atom. The summed E-state index contributed by atoms with van der Waals surface area (Å²) in [6, 6.07) is 3.66. The van der Waals surface area contributed by atoms with E-state index >= 15 is 0 Å². The van der Waals surface area contributed by atoms with Crippen LogP contribution in [0.15, 0.2) is 23.3 Å². The van der Waals surface area contributed by atoms with Crippen LogP contribution >= 0.6 is 11.6 Å². The molecule has 0 bridgehead atoms. The van der Waals surface area contributed by atoms with Gasteiger partial charge in [0.25, 0.3) is 5.91 Å². The van der Waals surface area contributed by atoms with Crippen LogP contribution in [-0.4, -0.2) is 32.5 Å². The number of carbonyl (C=O) groups is 1. The van der Waals surface area contributed by atoms with Crippen molar-refractivity contribution in [1.29, 1.82) is 0 Å². The Labute approximate surface area is 142 Å². The number of benzene rings is 2. The van der Waals surface area contributed by atoms with Crippen LogP contribution in [0.1, 0.15) is 27.0 Å². The van der Waals surface area contributed by atoms with E-state index in [2.05, 4.69) is 10.5 Å². The van der Waals surface area contributed by atoms with Gasteiger partial charge in [0.1, 0.15) is 5.75 Å². The van der Waals surface area contributed by atoms with Crippen molar-refractivity contribution in [1.82, 2.24) is 5.43 Å². The molecule has 0 unspecified atom stereocenters. The van der Waals surface area contributed by atoms with Gasteiger partial charge in [0, 0.05) is 10.6 Å². The van der Waals surface area contributed by atoms with Crippen LogP contribution in [0.2, 0.25) is 5.02 Å². The number of carbonyl (C=O) groups excluding carboxylic acids is 1. The Bertz CT molecular complexity index is 849. The second kappa shape index (κ2) is 6.67. The fourth-order valence-electron chi connectivity index (χ4n) is 2.08. The predicted molar refractivity (Wildman–Crippen MR) is 89.1 cm³/mol. The molecule has 2 aromatic rings. The number of amides is 1. The van der Waals surface area contributed by atoms with E-state index in [1.54, 1.807) is 13.8 Å². The number of nitrogens with zero attached hydrogens (tertiary/aromatic N) is 1. The predicted octanol–water partition coefficient (Wildman–Crippen LogP) is 2.54.